The number of rotatable bonds is 4. The highest BCUT2D eigenvalue weighted by Gasteiger charge is 2.26. The molecule has 1 aliphatic rings. The van der Waals surface area contributed by atoms with E-state index in [4.69, 9.17) is 38.7 Å². The van der Waals surface area contributed by atoms with E-state index in [1.807, 2.05) is 24.3 Å². The standard InChI is InChI=1S/C21H21Cl2N3O2/c1-28-15-8-6-14(7-9-15)25-19-3-2-4-20(16(19)12-24)26-21(27)13-5-10-17(22)18(23)11-13/h5-12,20H,2-4,24H2,1H3,(H,26,27)/b16-12+,25-19?. The maximum absolute atomic E-state index is 12.6. The van der Waals surface area contributed by atoms with Crippen molar-refractivity contribution >= 4 is 40.5 Å². The average molecular weight is 418 g/mol. The van der Waals surface area contributed by atoms with Crippen LogP contribution in [0.15, 0.2) is 59.2 Å². The SMILES string of the molecule is COc1ccc(N=C2CCCC(NC(=O)c3ccc(Cl)c(Cl)c3)/C2=C/N)cc1. The predicted molar refractivity (Wildman–Crippen MR) is 114 cm³/mol. The van der Waals surface area contributed by atoms with Crippen LogP contribution in [0.2, 0.25) is 10.0 Å². The second kappa shape index (κ2) is 9.13. The Balaban J connectivity index is 1.78. The molecule has 0 aromatic heterocycles. The minimum atomic E-state index is -0.228. The lowest BCUT2D eigenvalue weighted by molar-refractivity contribution is 0.0941. The van der Waals surface area contributed by atoms with Gasteiger partial charge in [0.2, 0.25) is 0 Å². The fourth-order valence-electron chi connectivity index (χ4n) is 3.15. The van der Waals surface area contributed by atoms with Gasteiger partial charge in [-0.3, -0.25) is 9.79 Å². The number of methoxy groups -OCH3 is 1. The van der Waals surface area contributed by atoms with Crippen LogP contribution in [0, 0.1) is 0 Å². The zero-order valence-corrected chi connectivity index (χ0v) is 16.9. The van der Waals surface area contributed by atoms with Crippen LogP contribution in [0.5, 0.6) is 5.75 Å². The highest BCUT2D eigenvalue weighted by molar-refractivity contribution is 6.42. The fraction of sp³-hybridized carbons (Fsp3) is 0.238. The quantitative estimate of drug-likeness (QED) is 0.742. The zero-order chi connectivity index (χ0) is 20.1. The third-order valence-corrected chi connectivity index (χ3v) is 5.36. The number of amides is 1. The molecule has 0 radical (unpaired) electrons. The summed E-state index contributed by atoms with van der Waals surface area (Å²) in [7, 11) is 1.62. The van der Waals surface area contributed by atoms with Crippen LogP contribution in [0.25, 0.3) is 0 Å². The van der Waals surface area contributed by atoms with E-state index in [0.717, 1.165) is 42.0 Å². The van der Waals surface area contributed by atoms with Crippen LogP contribution >= 0.6 is 23.2 Å². The highest BCUT2D eigenvalue weighted by Crippen LogP contribution is 2.27. The molecule has 5 nitrogen and oxygen atoms in total. The molecule has 0 heterocycles. The van der Waals surface area contributed by atoms with Gasteiger partial charge in [0.15, 0.2) is 0 Å². The lowest BCUT2D eigenvalue weighted by Gasteiger charge is -2.27. The van der Waals surface area contributed by atoms with E-state index in [0.29, 0.717) is 15.6 Å². The summed E-state index contributed by atoms with van der Waals surface area (Å²) in [6, 6.07) is 12.1. The number of nitrogens with two attached hydrogens (primary N) is 1. The number of hydrogen-bond acceptors (Lipinski definition) is 4. The molecule has 0 saturated heterocycles. The van der Waals surface area contributed by atoms with E-state index in [-0.39, 0.29) is 11.9 Å². The summed E-state index contributed by atoms with van der Waals surface area (Å²) in [4.78, 5) is 17.4. The Kier molecular flexibility index (Phi) is 6.60. The number of ether oxygens (including phenoxy) is 1. The van der Waals surface area contributed by atoms with Gasteiger partial charge < -0.3 is 15.8 Å². The molecule has 1 saturated carbocycles. The van der Waals surface area contributed by atoms with Gasteiger partial charge in [-0.05, 0) is 61.7 Å². The first-order valence-electron chi connectivity index (χ1n) is 8.91. The number of halogens is 2. The summed E-state index contributed by atoms with van der Waals surface area (Å²) in [6.45, 7) is 0. The number of aliphatic imine (C=N–C) groups is 1. The van der Waals surface area contributed by atoms with Gasteiger partial charge >= 0.3 is 0 Å². The van der Waals surface area contributed by atoms with Crippen molar-refractivity contribution in [1.82, 2.24) is 5.32 Å². The summed E-state index contributed by atoms with van der Waals surface area (Å²) in [6.07, 6.45) is 4.02. The molecule has 146 valence electrons. The molecule has 28 heavy (non-hydrogen) atoms. The van der Waals surface area contributed by atoms with Gasteiger partial charge in [-0.25, -0.2) is 0 Å². The van der Waals surface area contributed by atoms with Crippen molar-refractivity contribution in [2.75, 3.05) is 7.11 Å². The van der Waals surface area contributed by atoms with Gasteiger partial charge in [-0.15, -0.1) is 0 Å². The molecule has 1 atom stereocenters. The first-order chi connectivity index (χ1) is 13.5. The minimum absolute atomic E-state index is 0.210. The molecule has 1 unspecified atom stereocenters. The van der Waals surface area contributed by atoms with Gasteiger partial charge in [0.05, 0.1) is 28.9 Å². The van der Waals surface area contributed by atoms with E-state index in [9.17, 15) is 4.79 Å². The van der Waals surface area contributed by atoms with E-state index in [1.54, 1.807) is 25.3 Å². The summed E-state index contributed by atoms with van der Waals surface area (Å²) >= 11 is 11.9. The zero-order valence-electron chi connectivity index (χ0n) is 15.4. The molecule has 1 amide bonds. The lowest BCUT2D eigenvalue weighted by atomic mass is 9.88. The van der Waals surface area contributed by atoms with Gasteiger partial charge in [0.25, 0.3) is 5.91 Å². The van der Waals surface area contributed by atoms with Crippen LogP contribution in [-0.2, 0) is 0 Å². The molecule has 2 aromatic rings. The average Bonchev–Trinajstić information content (AvgIpc) is 2.71. The van der Waals surface area contributed by atoms with Crippen molar-refractivity contribution in [1.29, 1.82) is 0 Å². The van der Waals surface area contributed by atoms with Crippen molar-refractivity contribution in [2.24, 2.45) is 10.7 Å². The van der Waals surface area contributed by atoms with Gasteiger partial charge in [-0.1, -0.05) is 23.2 Å². The topological polar surface area (TPSA) is 76.7 Å². The molecule has 0 bridgehead atoms. The molecule has 1 aliphatic carbocycles. The Hall–Kier alpha value is -2.50. The van der Waals surface area contributed by atoms with E-state index in [2.05, 4.69) is 5.32 Å². The first-order valence-corrected chi connectivity index (χ1v) is 9.67. The van der Waals surface area contributed by atoms with Gasteiger partial charge in [0, 0.05) is 23.0 Å². The van der Waals surface area contributed by atoms with Crippen molar-refractivity contribution in [3.05, 3.63) is 69.8 Å². The molecule has 3 N–H and O–H groups in total. The monoisotopic (exact) mass is 417 g/mol. The second-order valence-corrected chi connectivity index (χ2v) is 7.24. The van der Waals surface area contributed by atoms with Gasteiger partial charge in [-0.2, -0.15) is 0 Å². The predicted octanol–water partition coefficient (Wildman–Crippen LogP) is 4.90. The molecule has 3 rings (SSSR count). The van der Waals surface area contributed by atoms with E-state index in [1.165, 1.54) is 6.20 Å². The Morgan fingerprint density at radius 3 is 2.61 bits per heavy atom. The van der Waals surface area contributed by atoms with Crippen LogP contribution in [0.3, 0.4) is 0 Å². The largest absolute Gasteiger partial charge is 0.497 e. The van der Waals surface area contributed by atoms with E-state index < -0.39 is 0 Å². The molecule has 2 aromatic carbocycles. The van der Waals surface area contributed by atoms with Crippen molar-refractivity contribution in [3.8, 4) is 5.75 Å². The van der Waals surface area contributed by atoms with Crippen molar-refractivity contribution in [2.45, 2.75) is 25.3 Å². The summed E-state index contributed by atoms with van der Waals surface area (Å²) < 4.78 is 5.18. The van der Waals surface area contributed by atoms with Crippen molar-refractivity contribution in [3.63, 3.8) is 0 Å². The number of nitrogens with zero attached hydrogens (tertiary/aromatic N) is 1. The molecular weight excluding hydrogens is 397 g/mol. The number of benzene rings is 2. The van der Waals surface area contributed by atoms with Crippen LogP contribution in [0.4, 0.5) is 5.69 Å². The molecule has 7 heteroatoms. The first kappa shape index (κ1) is 20.2. The maximum Gasteiger partial charge on any atom is 0.251 e. The normalized spacial score (nSPS) is 19.6. The number of carbonyl (C=O) groups excluding carboxylic acids is 1. The number of hydrogen-bond donors (Lipinski definition) is 2. The summed E-state index contributed by atoms with van der Waals surface area (Å²) in [5.41, 5.74) is 8.85. The van der Waals surface area contributed by atoms with Crippen LogP contribution in [-0.4, -0.2) is 24.8 Å². The van der Waals surface area contributed by atoms with Crippen LogP contribution in [0.1, 0.15) is 29.6 Å². The number of carbonyl (C=O) groups is 1. The molecule has 0 spiro atoms. The Labute approximate surface area is 174 Å². The van der Waals surface area contributed by atoms with Crippen molar-refractivity contribution < 1.29 is 9.53 Å². The number of nitrogens with one attached hydrogen (secondary N) is 1. The third-order valence-electron chi connectivity index (χ3n) is 4.62. The van der Waals surface area contributed by atoms with Gasteiger partial charge in [0.1, 0.15) is 5.75 Å². The maximum atomic E-state index is 12.6. The smallest absolute Gasteiger partial charge is 0.251 e. The van der Waals surface area contributed by atoms with Crippen LogP contribution < -0.4 is 15.8 Å². The third kappa shape index (κ3) is 4.66. The summed E-state index contributed by atoms with van der Waals surface area (Å²) in [5, 5.41) is 3.78. The highest BCUT2D eigenvalue weighted by atomic mass is 35.5. The Morgan fingerprint density at radius 2 is 1.96 bits per heavy atom. The minimum Gasteiger partial charge on any atom is -0.497 e. The fourth-order valence-corrected chi connectivity index (χ4v) is 3.45. The second-order valence-electron chi connectivity index (χ2n) is 6.43. The molecule has 0 aliphatic heterocycles. The summed E-state index contributed by atoms with van der Waals surface area (Å²) in [5.74, 6) is 0.544. The lowest BCUT2D eigenvalue weighted by Crippen LogP contribution is -2.41. The molecular formula is C21H21Cl2N3O2. The Bertz CT molecular complexity index is 924. The Morgan fingerprint density at radius 1 is 1.21 bits per heavy atom. The molecule has 1 fully saturated rings. The van der Waals surface area contributed by atoms with E-state index >= 15 is 0 Å².